The van der Waals surface area contributed by atoms with Crippen molar-refractivity contribution in [1.82, 2.24) is 5.32 Å². The third-order valence-electron chi connectivity index (χ3n) is 7.64. The monoisotopic (exact) mass is 534 g/mol. The predicted molar refractivity (Wildman–Crippen MR) is 150 cm³/mol. The second kappa shape index (κ2) is 10.7. The first-order chi connectivity index (χ1) is 19.3. The summed E-state index contributed by atoms with van der Waals surface area (Å²) in [6.45, 7) is 2.23. The summed E-state index contributed by atoms with van der Waals surface area (Å²) >= 11 is 0. The Bertz CT molecular complexity index is 1710. The number of carbonyl (C=O) groups is 2. The van der Waals surface area contributed by atoms with Gasteiger partial charge in [-0.25, -0.2) is 4.39 Å². The Labute approximate surface area is 231 Å². The van der Waals surface area contributed by atoms with Gasteiger partial charge >= 0.3 is 0 Å². The number of nitrogens with one attached hydrogen (secondary N) is 1. The zero-order valence-electron chi connectivity index (χ0n) is 22.3. The number of amides is 1. The maximum absolute atomic E-state index is 13.6. The molecule has 200 valence electrons. The molecule has 0 aliphatic heterocycles. The van der Waals surface area contributed by atoms with E-state index in [9.17, 15) is 24.5 Å². The molecule has 0 atom stereocenters. The second-order valence-electron chi connectivity index (χ2n) is 10.0. The Morgan fingerprint density at radius 2 is 1.82 bits per heavy atom. The standard InChI is InChI=1S/C32H27FN4O3/c1-3-37(19-35)26-16-28-25(29(31(39)36-2)30(40-28)20-8-10-23(33)11-9-20)15-24(26)21-6-4-7-22(14-21)27(38)17-32(18-34)12-5-13-32/h4,6-11,14-16H,3,5,12-13,17H2,1-2H3,(H,36,39). The summed E-state index contributed by atoms with van der Waals surface area (Å²) in [6, 6.07) is 18.6. The number of carbonyl (C=O) groups excluding carboxylic acids is 2. The van der Waals surface area contributed by atoms with Crippen molar-refractivity contribution in [2.24, 2.45) is 5.41 Å². The number of hydrogen-bond donors (Lipinski definition) is 1. The lowest BCUT2D eigenvalue weighted by atomic mass is 9.66. The normalized spacial score (nSPS) is 13.6. The minimum atomic E-state index is -0.590. The van der Waals surface area contributed by atoms with Crippen molar-refractivity contribution >= 4 is 28.3 Å². The highest BCUT2D eigenvalue weighted by Crippen LogP contribution is 2.45. The van der Waals surface area contributed by atoms with E-state index in [1.807, 2.05) is 13.0 Å². The van der Waals surface area contributed by atoms with E-state index >= 15 is 0 Å². The van der Waals surface area contributed by atoms with Crippen LogP contribution in [0.2, 0.25) is 0 Å². The number of anilines is 1. The Hall–Kier alpha value is -4.95. The van der Waals surface area contributed by atoms with Gasteiger partial charge in [-0.2, -0.15) is 10.5 Å². The average Bonchev–Trinajstić information content (AvgIpc) is 3.33. The summed E-state index contributed by atoms with van der Waals surface area (Å²) < 4.78 is 19.8. The first kappa shape index (κ1) is 26.6. The minimum Gasteiger partial charge on any atom is -0.455 e. The molecule has 3 aromatic carbocycles. The molecular weight excluding hydrogens is 507 g/mol. The number of furan rings is 1. The van der Waals surface area contributed by atoms with Gasteiger partial charge < -0.3 is 9.73 Å². The largest absolute Gasteiger partial charge is 0.455 e. The van der Waals surface area contributed by atoms with E-state index < -0.39 is 11.2 Å². The zero-order valence-corrected chi connectivity index (χ0v) is 22.3. The van der Waals surface area contributed by atoms with Gasteiger partial charge in [0, 0.05) is 48.2 Å². The van der Waals surface area contributed by atoms with Crippen molar-refractivity contribution in [2.75, 3.05) is 18.5 Å². The van der Waals surface area contributed by atoms with E-state index in [2.05, 4.69) is 17.6 Å². The number of benzene rings is 3. The van der Waals surface area contributed by atoms with Crippen LogP contribution in [0.5, 0.6) is 0 Å². The van der Waals surface area contributed by atoms with E-state index in [1.54, 1.807) is 42.5 Å². The fraction of sp³-hybridized carbons (Fsp3) is 0.250. The maximum Gasteiger partial charge on any atom is 0.255 e. The number of nitrogens with zero attached hydrogens (tertiary/aromatic N) is 3. The summed E-state index contributed by atoms with van der Waals surface area (Å²) in [5.41, 5.74) is 2.97. The highest BCUT2D eigenvalue weighted by Gasteiger charge is 2.39. The van der Waals surface area contributed by atoms with E-state index in [-0.39, 0.29) is 29.4 Å². The van der Waals surface area contributed by atoms with Crippen LogP contribution in [-0.4, -0.2) is 25.3 Å². The molecule has 5 rings (SSSR count). The summed E-state index contributed by atoms with van der Waals surface area (Å²) in [6.07, 6.45) is 4.76. The summed E-state index contributed by atoms with van der Waals surface area (Å²) in [7, 11) is 1.52. The molecule has 7 nitrogen and oxygen atoms in total. The van der Waals surface area contributed by atoms with Crippen LogP contribution in [0.15, 0.2) is 65.1 Å². The molecule has 1 heterocycles. The first-order valence-corrected chi connectivity index (χ1v) is 13.1. The Morgan fingerprint density at radius 1 is 1.07 bits per heavy atom. The fourth-order valence-corrected chi connectivity index (χ4v) is 5.24. The summed E-state index contributed by atoms with van der Waals surface area (Å²) in [5, 5.41) is 22.7. The van der Waals surface area contributed by atoms with Gasteiger partial charge in [0.15, 0.2) is 12.0 Å². The van der Waals surface area contributed by atoms with Crippen molar-refractivity contribution < 1.29 is 18.4 Å². The lowest BCUT2D eigenvalue weighted by molar-refractivity contribution is 0.0880. The van der Waals surface area contributed by atoms with Crippen LogP contribution in [0.25, 0.3) is 33.4 Å². The molecule has 0 spiro atoms. The summed E-state index contributed by atoms with van der Waals surface area (Å²) in [5.74, 6) is -0.614. The molecule has 1 amide bonds. The van der Waals surface area contributed by atoms with Gasteiger partial charge in [0.05, 0.1) is 22.7 Å². The van der Waals surface area contributed by atoms with Crippen LogP contribution < -0.4 is 10.2 Å². The van der Waals surface area contributed by atoms with Gasteiger partial charge in [-0.1, -0.05) is 24.6 Å². The molecule has 0 bridgehead atoms. The smallest absolute Gasteiger partial charge is 0.255 e. The van der Waals surface area contributed by atoms with Crippen LogP contribution in [-0.2, 0) is 0 Å². The molecule has 1 aliphatic carbocycles. The lowest BCUT2D eigenvalue weighted by Gasteiger charge is -2.34. The number of fused-ring (bicyclic) bond motifs is 1. The number of halogens is 1. The van der Waals surface area contributed by atoms with Gasteiger partial charge in [0.1, 0.15) is 17.2 Å². The highest BCUT2D eigenvalue weighted by molar-refractivity contribution is 6.13. The first-order valence-electron chi connectivity index (χ1n) is 13.1. The van der Waals surface area contributed by atoms with E-state index in [4.69, 9.17) is 4.42 Å². The fourth-order valence-electron chi connectivity index (χ4n) is 5.24. The van der Waals surface area contributed by atoms with Gasteiger partial charge in [-0.15, -0.1) is 0 Å². The number of ketones is 1. The molecule has 0 radical (unpaired) electrons. The lowest BCUT2D eigenvalue weighted by Crippen LogP contribution is -2.30. The predicted octanol–water partition coefficient (Wildman–Crippen LogP) is 6.84. The van der Waals surface area contributed by atoms with Crippen molar-refractivity contribution in [2.45, 2.75) is 32.6 Å². The molecule has 4 aromatic rings. The zero-order chi connectivity index (χ0) is 28.4. The maximum atomic E-state index is 13.6. The molecule has 1 saturated carbocycles. The van der Waals surface area contributed by atoms with Crippen molar-refractivity contribution in [3.05, 3.63) is 77.6 Å². The number of hydrogen-bond acceptors (Lipinski definition) is 6. The average molecular weight is 535 g/mol. The third-order valence-corrected chi connectivity index (χ3v) is 7.64. The molecule has 40 heavy (non-hydrogen) atoms. The molecule has 1 aliphatic rings. The van der Waals surface area contributed by atoms with Crippen molar-refractivity contribution in [3.8, 4) is 34.7 Å². The van der Waals surface area contributed by atoms with E-state index in [0.717, 1.165) is 19.3 Å². The molecule has 1 fully saturated rings. The molecular formula is C32H27FN4O3. The van der Waals surface area contributed by atoms with Crippen LogP contribution in [0.4, 0.5) is 10.1 Å². The molecule has 8 heteroatoms. The van der Waals surface area contributed by atoms with Gasteiger partial charge in [-0.3, -0.25) is 14.5 Å². The van der Waals surface area contributed by atoms with E-state index in [0.29, 0.717) is 45.5 Å². The van der Waals surface area contributed by atoms with Crippen LogP contribution in [0.1, 0.15) is 53.3 Å². The minimum absolute atomic E-state index is 0.105. The third kappa shape index (κ3) is 4.69. The number of Topliss-reactive ketones (excluding diaryl/α,β-unsaturated/α-hetero) is 1. The van der Waals surface area contributed by atoms with Crippen LogP contribution in [0.3, 0.4) is 0 Å². The van der Waals surface area contributed by atoms with Gasteiger partial charge in [-0.05, 0) is 61.7 Å². The Balaban J connectivity index is 1.69. The van der Waals surface area contributed by atoms with Crippen molar-refractivity contribution in [3.63, 3.8) is 0 Å². The van der Waals surface area contributed by atoms with Crippen LogP contribution in [0, 0.1) is 34.0 Å². The van der Waals surface area contributed by atoms with Crippen molar-refractivity contribution in [1.29, 1.82) is 10.5 Å². The highest BCUT2D eigenvalue weighted by atomic mass is 19.1. The van der Waals surface area contributed by atoms with Crippen LogP contribution >= 0.6 is 0 Å². The topological polar surface area (TPSA) is 110 Å². The SMILES string of the molecule is CCN(C#N)c1cc2oc(-c3ccc(F)cc3)c(C(=O)NC)c2cc1-c1cccc(C(=O)CC2(C#N)CCC2)c1. The Kier molecular flexibility index (Phi) is 7.11. The second-order valence-corrected chi connectivity index (χ2v) is 10.0. The molecule has 1 N–H and O–H groups in total. The Morgan fingerprint density at radius 3 is 2.42 bits per heavy atom. The quantitative estimate of drug-likeness (QED) is 0.151. The van der Waals surface area contributed by atoms with E-state index in [1.165, 1.54) is 24.1 Å². The number of rotatable bonds is 8. The van der Waals surface area contributed by atoms with Gasteiger partial charge in [0.2, 0.25) is 0 Å². The molecule has 0 unspecified atom stereocenters. The van der Waals surface area contributed by atoms with Gasteiger partial charge in [0.25, 0.3) is 5.91 Å². The molecule has 1 aromatic heterocycles. The molecule has 0 saturated heterocycles. The summed E-state index contributed by atoms with van der Waals surface area (Å²) in [4.78, 5) is 27.8. The number of nitriles is 2.